The normalized spacial score (nSPS) is 10.4. The van der Waals surface area contributed by atoms with Crippen LogP contribution in [0.5, 0.6) is 5.88 Å². The molecular formula is C15H14N4O. The molecule has 3 aromatic rings. The number of fused-ring (bicyclic) bond motifs is 1. The van der Waals surface area contributed by atoms with Crippen molar-refractivity contribution in [3.8, 4) is 5.88 Å². The number of ether oxygens (including phenoxy) is 1. The Labute approximate surface area is 116 Å². The third-order valence-corrected chi connectivity index (χ3v) is 2.98. The maximum atomic E-state index is 5.66. The summed E-state index contributed by atoms with van der Waals surface area (Å²) in [5.41, 5.74) is 6.62. The fraction of sp³-hybridized carbons (Fsp3) is 0.0667. The SMILES string of the molecule is COc1cc(Nc2cccc3ccccc23)nc(N)n1. The number of nitrogens with two attached hydrogens (primary N) is 1. The molecule has 0 atom stereocenters. The molecule has 3 N–H and O–H groups in total. The molecule has 1 aromatic heterocycles. The van der Waals surface area contributed by atoms with Crippen LogP contribution in [0.1, 0.15) is 0 Å². The molecule has 0 bridgehead atoms. The number of hydrogen-bond donors (Lipinski definition) is 2. The topological polar surface area (TPSA) is 73.1 Å². The number of methoxy groups -OCH3 is 1. The molecule has 0 amide bonds. The van der Waals surface area contributed by atoms with Crippen molar-refractivity contribution in [3.05, 3.63) is 48.5 Å². The molecule has 20 heavy (non-hydrogen) atoms. The van der Waals surface area contributed by atoms with Crippen molar-refractivity contribution >= 4 is 28.2 Å². The third-order valence-electron chi connectivity index (χ3n) is 2.98. The molecule has 0 aliphatic rings. The summed E-state index contributed by atoms with van der Waals surface area (Å²) >= 11 is 0. The minimum absolute atomic E-state index is 0.173. The van der Waals surface area contributed by atoms with Gasteiger partial charge in [-0.05, 0) is 11.5 Å². The molecule has 1 heterocycles. The van der Waals surface area contributed by atoms with Crippen LogP contribution in [-0.2, 0) is 0 Å². The molecular weight excluding hydrogens is 252 g/mol. The first-order valence-corrected chi connectivity index (χ1v) is 6.19. The van der Waals surface area contributed by atoms with E-state index in [4.69, 9.17) is 10.5 Å². The van der Waals surface area contributed by atoms with Gasteiger partial charge >= 0.3 is 0 Å². The van der Waals surface area contributed by atoms with Crippen LogP contribution in [0.15, 0.2) is 48.5 Å². The first-order chi connectivity index (χ1) is 9.76. The highest BCUT2D eigenvalue weighted by atomic mass is 16.5. The van der Waals surface area contributed by atoms with Gasteiger partial charge in [0.05, 0.1) is 7.11 Å². The summed E-state index contributed by atoms with van der Waals surface area (Å²) in [6.07, 6.45) is 0. The van der Waals surface area contributed by atoms with Crippen molar-refractivity contribution in [1.29, 1.82) is 0 Å². The number of hydrogen-bond acceptors (Lipinski definition) is 5. The van der Waals surface area contributed by atoms with Crippen molar-refractivity contribution in [1.82, 2.24) is 9.97 Å². The Balaban J connectivity index is 2.03. The second-order valence-corrected chi connectivity index (χ2v) is 4.31. The summed E-state index contributed by atoms with van der Waals surface area (Å²) in [6, 6.07) is 15.9. The number of nitrogen functional groups attached to an aromatic ring is 1. The Hall–Kier alpha value is -2.82. The standard InChI is InChI=1S/C15H14N4O/c1-20-14-9-13(18-15(16)19-14)17-12-8-4-6-10-5-2-3-7-11(10)12/h2-9H,1H3,(H3,16,17,18,19). The Morgan fingerprint density at radius 2 is 1.85 bits per heavy atom. The van der Waals surface area contributed by atoms with Gasteiger partial charge in [0.1, 0.15) is 5.82 Å². The van der Waals surface area contributed by atoms with E-state index in [1.807, 2.05) is 24.3 Å². The molecule has 5 nitrogen and oxygen atoms in total. The zero-order valence-electron chi connectivity index (χ0n) is 11.0. The molecule has 0 radical (unpaired) electrons. The first-order valence-electron chi connectivity index (χ1n) is 6.19. The first kappa shape index (κ1) is 12.2. The Bertz CT molecular complexity index is 752. The zero-order chi connectivity index (χ0) is 13.9. The zero-order valence-corrected chi connectivity index (χ0v) is 11.0. The lowest BCUT2D eigenvalue weighted by molar-refractivity contribution is 0.398. The second kappa shape index (κ2) is 5.05. The van der Waals surface area contributed by atoms with Crippen LogP contribution in [-0.4, -0.2) is 17.1 Å². The maximum Gasteiger partial charge on any atom is 0.225 e. The average molecular weight is 266 g/mol. The van der Waals surface area contributed by atoms with Crippen LogP contribution in [0, 0.1) is 0 Å². The van der Waals surface area contributed by atoms with Crippen LogP contribution in [0.4, 0.5) is 17.5 Å². The van der Waals surface area contributed by atoms with Gasteiger partial charge in [-0.2, -0.15) is 9.97 Å². The predicted octanol–water partition coefficient (Wildman–Crippen LogP) is 2.96. The monoisotopic (exact) mass is 266 g/mol. The Morgan fingerprint density at radius 1 is 1.05 bits per heavy atom. The van der Waals surface area contributed by atoms with Crippen molar-refractivity contribution < 1.29 is 4.74 Å². The summed E-state index contributed by atoms with van der Waals surface area (Å²) in [5.74, 6) is 1.21. The third kappa shape index (κ3) is 2.33. The number of nitrogens with one attached hydrogen (secondary N) is 1. The number of aromatic nitrogens is 2. The van der Waals surface area contributed by atoms with Crippen LogP contribution >= 0.6 is 0 Å². The lowest BCUT2D eigenvalue weighted by Crippen LogP contribution is -2.02. The number of nitrogens with zero attached hydrogens (tertiary/aromatic N) is 2. The molecule has 5 heteroatoms. The van der Waals surface area contributed by atoms with E-state index in [1.165, 1.54) is 0 Å². The number of rotatable bonds is 3. The van der Waals surface area contributed by atoms with Gasteiger partial charge in [-0.1, -0.05) is 36.4 Å². The summed E-state index contributed by atoms with van der Waals surface area (Å²) in [6.45, 7) is 0. The fourth-order valence-corrected chi connectivity index (χ4v) is 2.08. The highest BCUT2D eigenvalue weighted by Crippen LogP contribution is 2.26. The van der Waals surface area contributed by atoms with E-state index < -0.39 is 0 Å². The lowest BCUT2D eigenvalue weighted by atomic mass is 10.1. The van der Waals surface area contributed by atoms with Crippen LogP contribution in [0.25, 0.3) is 10.8 Å². The van der Waals surface area contributed by atoms with Crippen LogP contribution in [0.3, 0.4) is 0 Å². The number of anilines is 3. The average Bonchev–Trinajstić information content (AvgIpc) is 2.47. The van der Waals surface area contributed by atoms with Gasteiger partial charge < -0.3 is 15.8 Å². The highest BCUT2D eigenvalue weighted by Gasteiger charge is 2.05. The molecule has 0 aliphatic heterocycles. The van der Waals surface area contributed by atoms with Gasteiger partial charge in [0.15, 0.2) is 0 Å². The van der Waals surface area contributed by atoms with Gasteiger partial charge in [0, 0.05) is 17.1 Å². The summed E-state index contributed by atoms with van der Waals surface area (Å²) < 4.78 is 5.09. The summed E-state index contributed by atoms with van der Waals surface area (Å²) in [5, 5.41) is 5.53. The van der Waals surface area contributed by atoms with Crippen molar-refractivity contribution in [2.75, 3.05) is 18.2 Å². The van der Waals surface area contributed by atoms with E-state index in [0.717, 1.165) is 16.5 Å². The Morgan fingerprint density at radius 3 is 2.70 bits per heavy atom. The quantitative estimate of drug-likeness (QED) is 0.762. The van der Waals surface area contributed by atoms with E-state index >= 15 is 0 Å². The molecule has 0 saturated heterocycles. The highest BCUT2D eigenvalue weighted by molar-refractivity contribution is 5.95. The molecule has 3 rings (SSSR count). The van der Waals surface area contributed by atoms with Crippen molar-refractivity contribution in [2.24, 2.45) is 0 Å². The maximum absolute atomic E-state index is 5.66. The fourth-order valence-electron chi connectivity index (χ4n) is 2.08. The molecule has 0 aliphatic carbocycles. The molecule has 100 valence electrons. The van der Waals surface area contributed by atoms with Gasteiger partial charge in [-0.3, -0.25) is 0 Å². The lowest BCUT2D eigenvalue weighted by Gasteiger charge is -2.10. The van der Waals surface area contributed by atoms with Gasteiger partial charge in [-0.15, -0.1) is 0 Å². The van der Waals surface area contributed by atoms with Crippen LogP contribution < -0.4 is 15.8 Å². The molecule has 0 spiro atoms. The molecule has 0 fully saturated rings. The van der Waals surface area contributed by atoms with Crippen molar-refractivity contribution in [2.45, 2.75) is 0 Å². The van der Waals surface area contributed by atoms with E-state index in [-0.39, 0.29) is 5.95 Å². The van der Waals surface area contributed by atoms with E-state index in [2.05, 4.69) is 33.5 Å². The largest absolute Gasteiger partial charge is 0.481 e. The second-order valence-electron chi connectivity index (χ2n) is 4.31. The van der Waals surface area contributed by atoms with Gasteiger partial charge in [0.2, 0.25) is 11.8 Å². The molecule has 0 unspecified atom stereocenters. The summed E-state index contributed by atoms with van der Waals surface area (Å²) in [4.78, 5) is 8.12. The summed E-state index contributed by atoms with van der Waals surface area (Å²) in [7, 11) is 1.55. The Kier molecular flexibility index (Phi) is 3.09. The molecule has 2 aromatic carbocycles. The smallest absolute Gasteiger partial charge is 0.225 e. The van der Waals surface area contributed by atoms with E-state index in [9.17, 15) is 0 Å². The van der Waals surface area contributed by atoms with Gasteiger partial charge in [-0.25, -0.2) is 0 Å². The minimum atomic E-state index is 0.173. The predicted molar refractivity (Wildman–Crippen MR) is 80.2 cm³/mol. The van der Waals surface area contributed by atoms with E-state index in [0.29, 0.717) is 11.7 Å². The minimum Gasteiger partial charge on any atom is -0.481 e. The van der Waals surface area contributed by atoms with E-state index in [1.54, 1.807) is 13.2 Å². The van der Waals surface area contributed by atoms with Crippen LogP contribution in [0.2, 0.25) is 0 Å². The molecule has 0 saturated carbocycles. The number of benzene rings is 2. The van der Waals surface area contributed by atoms with Crippen molar-refractivity contribution in [3.63, 3.8) is 0 Å². The van der Waals surface area contributed by atoms with Gasteiger partial charge in [0.25, 0.3) is 0 Å².